The fourth-order valence-corrected chi connectivity index (χ4v) is 7.97. The topological polar surface area (TPSA) is 470 Å². The number of aliphatic hydroxyl groups is 5. The number of nitrogen functional groups attached to an aromatic ring is 1. The predicted octanol–water partition coefficient (Wildman–Crippen LogP) is -8.65. The Labute approximate surface area is 365 Å². The zero-order chi connectivity index (χ0) is 45.2. The number of carbonyl (C=O) groups is 3. The van der Waals surface area contributed by atoms with Gasteiger partial charge < -0.3 is 94.1 Å². The molecule has 1 aliphatic carbocycles. The number of aliphatic hydroxyl groups excluding tert-OH is 5. The number of nitrogens with two attached hydrogens (primary N) is 6. The molecular weight excluding hydrogens is 918 g/mol. The zero-order valence-corrected chi connectivity index (χ0v) is 34.1. The van der Waals surface area contributed by atoms with Crippen molar-refractivity contribution in [2.45, 2.75) is 137 Å². The molecule has 1 aromatic rings. The Morgan fingerprint density at radius 1 is 1.00 bits per heavy atom. The minimum atomic E-state index is -4.76. The summed E-state index contributed by atoms with van der Waals surface area (Å²) in [6.45, 7) is 3.19. The molecule has 61 heavy (non-hydrogen) atoms. The van der Waals surface area contributed by atoms with Gasteiger partial charge in [-0.15, -0.1) is 11.3 Å². The predicted molar refractivity (Wildman–Crippen MR) is 214 cm³/mol. The summed E-state index contributed by atoms with van der Waals surface area (Å²) in [5, 5.41) is 67.0. The number of oxime groups is 1. The van der Waals surface area contributed by atoms with Gasteiger partial charge in [0.05, 0.1) is 36.9 Å². The van der Waals surface area contributed by atoms with E-state index in [0.29, 0.717) is 0 Å². The van der Waals surface area contributed by atoms with Crippen LogP contribution in [0.1, 0.15) is 39.3 Å². The Bertz CT molecular complexity index is 1820. The first-order chi connectivity index (χ1) is 27.8. The fraction of sp³-hybridized carbons (Fsp3) is 0.774. The van der Waals surface area contributed by atoms with Crippen molar-refractivity contribution >= 4 is 70.1 Å². The van der Waals surface area contributed by atoms with E-state index in [4.69, 9.17) is 67.8 Å². The van der Waals surface area contributed by atoms with Crippen molar-refractivity contribution in [2.24, 2.45) is 33.8 Å². The molecule has 1 saturated carbocycles. The molecule has 0 spiro atoms. The van der Waals surface area contributed by atoms with Crippen LogP contribution in [0, 0.1) is 0 Å². The third-order valence-electron chi connectivity index (χ3n) is 10.1. The molecular formula is C31H57GaN10O17S2. The molecule has 0 unspecified atom stereocenters. The summed E-state index contributed by atoms with van der Waals surface area (Å²) in [4.78, 5) is 44.4. The van der Waals surface area contributed by atoms with Gasteiger partial charge in [-0.3, -0.25) is 14.1 Å². The Hall–Kier alpha value is -2.70. The maximum absolute atomic E-state index is 12.6. The Morgan fingerprint density at radius 3 is 2.07 bits per heavy atom. The van der Waals surface area contributed by atoms with E-state index in [2.05, 4.69) is 15.5 Å². The van der Waals surface area contributed by atoms with Gasteiger partial charge >= 0.3 is 36.1 Å². The van der Waals surface area contributed by atoms with E-state index in [1.807, 2.05) is 0 Å². The van der Waals surface area contributed by atoms with Crippen LogP contribution in [0.2, 0.25) is 0 Å². The molecule has 20 N–H and O–H groups in total. The second-order valence-corrected chi connectivity index (χ2v) is 17.2. The standard InChI is InChI=1S/C18H37N5O9.C13H17N5O8S2.Ga.3H/c19-3-9-8(25)2-7(22)17(29-9)31-15-5(20)1-6(21)16(14(15)28)32-18-13(27)11(23)12(26)10(4-24)30-18;1-5-7(10(20)18(5)28(23,24)25)16-9(19)8(6-4-27-12(14)15-6)17-26-13(2,3)11(21)22;;;;/h5-18,24-28H,1-4,19-23H2;4-5,7H,1-3H3,(H2,14,15)(H,16,19)(H,21,22)(H,23,24,25);;;;/b;17-8-;;;;/t5-,6+,7+,8-,9+,10+,11-,12+,13+,14-,15+,16-,17+,18+;5-,7-;;;;/m00..../s1. The van der Waals surface area contributed by atoms with Gasteiger partial charge in [0.1, 0.15) is 48.4 Å². The van der Waals surface area contributed by atoms with Crippen molar-refractivity contribution in [1.82, 2.24) is 14.6 Å². The second-order valence-electron chi connectivity index (χ2n) is 15.0. The number of rotatable bonds is 13. The average Bonchev–Trinajstić information content (AvgIpc) is 3.59. The van der Waals surface area contributed by atoms with Crippen molar-refractivity contribution in [3.63, 3.8) is 0 Å². The first-order valence-corrected chi connectivity index (χ1v) is 20.6. The first-order valence-electron chi connectivity index (χ1n) is 18.3. The number of ether oxygens (including phenoxy) is 4. The van der Waals surface area contributed by atoms with Crippen molar-refractivity contribution in [2.75, 3.05) is 18.9 Å². The van der Waals surface area contributed by atoms with Crippen LogP contribution in [0.4, 0.5) is 5.13 Å². The van der Waals surface area contributed by atoms with Gasteiger partial charge in [0.25, 0.3) is 11.8 Å². The SMILES string of the molecule is C[C@H]1[C@H](NC(=O)/C(=N\OC(C)(C)C(=O)O)c2csc(N)n2)C(=O)N1S(=O)(=O)O.NC[C@H]1O[C@H](O[C@H]2[C@H](O)[C@@H](O[C@H]3O[C@H](CO)[C@@H](O)[C@H](N)[C@H]3O)[C@H](N)C[C@@H]2N)[C@H](N)C[C@@H]1O.[GaH3]. The van der Waals surface area contributed by atoms with Crippen LogP contribution < -0.4 is 39.7 Å². The summed E-state index contributed by atoms with van der Waals surface area (Å²) in [5.41, 5.74) is 33.0. The van der Waals surface area contributed by atoms with Crippen molar-refractivity contribution in [3.05, 3.63) is 11.1 Å². The van der Waals surface area contributed by atoms with Gasteiger partial charge in [0.2, 0.25) is 5.60 Å². The van der Waals surface area contributed by atoms with Gasteiger partial charge in [-0.05, 0) is 33.6 Å². The minimum absolute atomic E-state index is 0. The summed E-state index contributed by atoms with van der Waals surface area (Å²) in [6.07, 6.45) is -10.8. The van der Waals surface area contributed by atoms with E-state index in [9.17, 15) is 48.3 Å². The molecule has 4 heterocycles. The Balaban J connectivity index is 0.000000323. The molecule has 16 atom stereocenters. The quantitative estimate of drug-likeness (QED) is 0.0287. The van der Waals surface area contributed by atoms with Crippen molar-refractivity contribution in [1.29, 1.82) is 0 Å². The molecule has 0 radical (unpaired) electrons. The van der Waals surface area contributed by atoms with E-state index in [0.717, 1.165) is 11.3 Å². The molecule has 4 fully saturated rings. The molecule has 2 amide bonds. The number of carbonyl (C=O) groups excluding carboxylic acids is 2. The van der Waals surface area contributed by atoms with E-state index in [1.165, 1.54) is 26.2 Å². The van der Waals surface area contributed by atoms with Crippen LogP contribution in [0.5, 0.6) is 0 Å². The summed E-state index contributed by atoms with van der Waals surface area (Å²) in [6, 6.07) is -5.58. The number of hydrogen-bond donors (Lipinski definition) is 14. The summed E-state index contributed by atoms with van der Waals surface area (Å²) >= 11 is 0.980. The molecule has 5 rings (SSSR count). The summed E-state index contributed by atoms with van der Waals surface area (Å²) < 4.78 is 54.2. The van der Waals surface area contributed by atoms with Gasteiger partial charge in [0, 0.05) is 24.0 Å². The van der Waals surface area contributed by atoms with Crippen LogP contribution in [-0.2, 0) is 48.5 Å². The van der Waals surface area contributed by atoms with Gasteiger partial charge in [0.15, 0.2) is 23.4 Å². The van der Waals surface area contributed by atoms with Crippen LogP contribution >= 0.6 is 11.3 Å². The number of β-lactam (4-membered cyclic amide) rings is 1. The number of aromatic nitrogens is 1. The second kappa shape index (κ2) is 21.3. The van der Waals surface area contributed by atoms with Crippen LogP contribution in [0.3, 0.4) is 0 Å². The molecule has 348 valence electrons. The molecule has 27 nitrogen and oxygen atoms in total. The van der Waals surface area contributed by atoms with Gasteiger partial charge in [-0.1, -0.05) is 5.16 Å². The first kappa shape index (κ1) is 52.6. The number of thiazole rings is 1. The molecule has 30 heteroatoms. The number of aliphatic carboxylic acids is 1. The zero-order valence-electron chi connectivity index (χ0n) is 32.5. The molecule has 4 aliphatic rings. The Kier molecular flexibility index (Phi) is 18.4. The molecule has 0 aromatic carbocycles. The maximum atomic E-state index is 12.6. The van der Waals surface area contributed by atoms with Gasteiger partial charge in [-0.2, -0.15) is 8.42 Å². The number of nitrogens with zero attached hydrogens (tertiary/aromatic N) is 3. The van der Waals surface area contributed by atoms with Crippen LogP contribution in [-0.4, -0.2) is 213 Å². The van der Waals surface area contributed by atoms with E-state index in [1.54, 1.807) is 0 Å². The third kappa shape index (κ3) is 12.1. The molecule has 3 saturated heterocycles. The molecule has 1 aromatic heterocycles. The molecule has 0 bridgehead atoms. The number of carboxylic acid groups (broad SMARTS) is 1. The summed E-state index contributed by atoms with van der Waals surface area (Å²) in [7, 11) is -4.76. The normalized spacial score (nSPS) is 37.0. The van der Waals surface area contributed by atoms with Crippen LogP contribution in [0.25, 0.3) is 0 Å². The fourth-order valence-electron chi connectivity index (χ4n) is 6.54. The van der Waals surface area contributed by atoms with E-state index < -0.39 is 144 Å². The van der Waals surface area contributed by atoms with E-state index in [-0.39, 0.29) is 54.3 Å². The number of anilines is 1. The summed E-state index contributed by atoms with van der Waals surface area (Å²) in [5.74, 6) is -3.38. The Morgan fingerprint density at radius 2 is 1.57 bits per heavy atom. The number of nitrogens with one attached hydrogen (secondary N) is 1. The monoisotopic (exact) mass is 974 g/mol. The number of hydrogen-bond acceptors (Lipinski definition) is 24. The average molecular weight is 976 g/mol. The number of carboxylic acids is 1. The number of amides is 2. The van der Waals surface area contributed by atoms with Crippen molar-refractivity contribution in [3.8, 4) is 0 Å². The van der Waals surface area contributed by atoms with Crippen molar-refractivity contribution < 1.29 is 81.8 Å². The third-order valence-corrected chi connectivity index (χ3v) is 11.8. The molecule has 3 aliphatic heterocycles. The van der Waals surface area contributed by atoms with E-state index >= 15 is 0 Å². The van der Waals surface area contributed by atoms with Gasteiger partial charge in [-0.25, -0.2) is 14.1 Å². The van der Waals surface area contributed by atoms with Crippen LogP contribution in [0.15, 0.2) is 10.5 Å².